The number of ether oxygens (including phenoxy) is 2. The Morgan fingerprint density at radius 2 is 1.59 bits per heavy atom. The third-order valence-electron chi connectivity index (χ3n) is 4.10. The second-order valence-corrected chi connectivity index (χ2v) is 7.00. The molecule has 0 aromatic heterocycles. The van der Waals surface area contributed by atoms with Gasteiger partial charge in [0.15, 0.2) is 6.61 Å². The minimum absolute atomic E-state index is 0.0879. The molecule has 0 atom stereocenters. The molecule has 3 amide bonds. The summed E-state index contributed by atoms with van der Waals surface area (Å²) in [6.07, 6.45) is 0. The number of rotatable bonds is 9. The van der Waals surface area contributed by atoms with Crippen molar-refractivity contribution < 1.29 is 28.7 Å². The quantitative estimate of drug-likeness (QED) is 0.579. The van der Waals surface area contributed by atoms with Gasteiger partial charge in [-0.25, -0.2) is 9.59 Å². The number of carbonyl (C=O) groups excluding carboxylic acids is 4. The Kier molecular flexibility index (Phi) is 9.22. The minimum atomic E-state index is -0.789. The zero-order valence-corrected chi connectivity index (χ0v) is 18.3. The van der Waals surface area contributed by atoms with Crippen molar-refractivity contribution in [3.8, 4) is 0 Å². The summed E-state index contributed by atoms with van der Waals surface area (Å²) in [4.78, 5) is 50.5. The first kappa shape index (κ1) is 24.4. The van der Waals surface area contributed by atoms with Crippen LogP contribution in [0.1, 0.15) is 31.1 Å². The Morgan fingerprint density at radius 3 is 2.25 bits per heavy atom. The number of benzene rings is 2. The molecule has 0 saturated carbocycles. The van der Waals surface area contributed by atoms with Crippen molar-refractivity contribution >= 4 is 35.3 Å². The fourth-order valence-corrected chi connectivity index (χ4v) is 2.74. The third-order valence-corrected chi connectivity index (χ3v) is 4.10. The van der Waals surface area contributed by atoms with Crippen LogP contribution in [0.2, 0.25) is 0 Å². The van der Waals surface area contributed by atoms with E-state index in [1.165, 1.54) is 11.0 Å². The Labute approximate surface area is 186 Å². The van der Waals surface area contributed by atoms with Gasteiger partial charge in [0.1, 0.15) is 6.54 Å². The predicted octanol–water partition coefficient (Wildman–Crippen LogP) is 2.97. The van der Waals surface area contributed by atoms with Crippen molar-refractivity contribution in [1.29, 1.82) is 0 Å². The van der Waals surface area contributed by atoms with Crippen LogP contribution in [0.3, 0.4) is 0 Å². The highest BCUT2D eigenvalue weighted by molar-refractivity contribution is 6.03. The number of para-hydroxylation sites is 2. The molecule has 170 valence electrons. The Morgan fingerprint density at radius 1 is 0.938 bits per heavy atom. The van der Waals surface area contributed by atoms with Crippen molar-refractivity contribution in [3.05, 3.63) is 60.2 Å². The fraction of sp³-hybridized carbons (Fsp3) is 0.304. The SMILES string of the molecule is CCOC(=O)CN(C(=O)COC(=O)c1ccccc1NC(=O)NC(C)C)c1ccccc1. The topological polar surface area (TPSA) is 114 Å². The summed E-state index contributed by atoms with van der Waals surface area (Å²) in [6, 6.07) is 14.3. The summed E-state index contributed by atoms with van der Waals surface area (Å²) in [6.45, 7) is 4.54. The lowest BCUT2D eigenvalue weighted by molar-refractivity contribution is -0.142. The molecule has 0 saturated heterocycles. The zero-order chi connectivity index (χ0) is 23.5. The van der Waals surface area contributed by atoms with Crippen LogP contribution < -0.4 is 15.5 Å². The molecule has 2 aromatic carbocycles. The van der Waals surface area contributed by atoms with E-state index in [9.17, 15) is 19.2 Å². The summed E-state index contributed by atoms with van der Waals surface area (Å²) in [5, 5.41) is 5.25. The highest BCUT2D eigenvalue weighted by Gasteiger charge is 2.22. The van der Waals surface area contributed by atoms with E-state index in [0.717, 1.165) is 0 Å². The third kappa shape index (κ3) is 7.42. The van der Waals surface area contributed by atoms with E-state index >= 15 is 0 Å². The van der Waals surface area contributed by atoms with Gasteiger partial charge in [-0.15, -0.1) is 0 Å². The molecule has 0 aliphatic rings. The average molecular weight is 441 g/mol. The first-order chi connectivity index (χ1) is 15.3. The van der Waals surface area contributed by atoms with Crippen molar-refractivity contribution in [2.45, 2.75) is 26.8 Å². The molecule has 0 aliphatic carbocycles. The molecular formula is C23H27N3O6. The minimum Gasteiger partial charge on any atom is -0.465 e. The second kappa shape index (κ2) is 12.1. The Hall–Kier alpha value is -3.88. The second-order valence-electron chi connectivity index (χ2n) is 7.00. The van der Waals surface area contributed by atoms with E-state index < -0.39 is 30.5 Å². The Balaban J connectivity index is 2.09. The maximum atomic E-state index is 12.8. The molecule has 0 radical (unpaired) electrons. The predicted molar refractivity (Wildman–Crippen MR) is 119 cm³/mol. The normalized spacial score (nSPS) is 10.2. The van der Waals surface area contributed by atoms with Gasteiger partial charge in [-0.3, -0.25) is 14.5 Å². The van der Waals surface area contributed by atoms with Crippen LogP contribution in [-0.2, 0) is 19.1 Å². The average Bonchev–Trinajstić information content (AvgIpc) is 2.76. The van der Waals surface area contributed by atoms with Gasteiger partial charge < -0.3 is 20.1 Å². The first-order valence-electron chi connectivity index (χ1n) is 10.2. The Bertz CT molecular complexity index is 946. The number of hydrogen-bond acceptors (Lipinski definition) is 6. The molecule has 2 rings (SSSR count). The lowest BCUT2D eigenvalue weighted by Crippen LogP contribution is -2.39. The van der Waals surface area contributed by atoms with Crippen LogP contribution in [0.5, 0.6) is 0 Å². The molecular weight excluding hydrogens is 414 g/mol. The number of hydrogen-bond donors (Lipinski definition) is 2. The fourth-order valence-electron chi connectivity index (χ4n) is 2.74. The molecule has 0 bridgehead atoms. The molecule has 32 heavy (non-hydrogen) atoms. The van der Waals surface area contributed by atoms with Crippen molar-refractivity contribution in [3.63, 3.8) is 0 Å². The lowest BCUT2D eigenvalue weighted by Gasteiger charge is -2.22. The van der Waals surface area contributed by atoms with E-state index in [0.29, 0.717) is 5.69 Å². The number of urea groups is 1. The highest BCUT2D eigenvalue weighted by Crippen LogP contribution is 2.17. The standard InChI is InChI=1S/C23H27N3O6/c1-4-31-21(28)14-26(17-10-6-5-7-11-17)20(27)15-32-22(29)18-12-8-9-13-19(18)25-23(30)24-16(2)3/h5-13,16H,4,14-15H2,1-3H3,(H2,24,25,30). The van der Waals surface area contributed by atoms with Crippen LogP contribution in [0.15, 0.2) is 54.6 Å². The van der Waals surface area contributed by atoms with Gasteiger partial charge in [-0.2, -0.15) is 0 Å². The molecule has 0 unspecified atom stereocenters. The largest absolute Gasteiger partial charge is 0.465 e. The summed E-state index contributed by atoms with van der Waals surface area (Å²) >= 11 is 0. The van der Waals surface area contributed by atoms with Crippen LogP contribution in [0.25, 0.3) is 0 Å². The van der Waals surface area contributed by atoms with E-state index in [1.54, 1.807) is 69.3 Å². The summed E-state index contributed by atoms with van der Waals surface area (Å²) in [7, 11) is 0. The van der Waals surface area contributed by atoms with Gasteiger partial charge in [-0.05, 0) is 45.0 Å². The number of nitrogens with one attached hydrogen (secondary N) is 2. The molecule has 2 N–H and O–H groups in total. The molecule has 0 spiro atoms. The van der Waals surface area contributed by atoms with Gasteiger partial charge in [0.2, 0.25) is 0 Å². The van der Waals surface area contributed by atoms with Crippen molar-refractivity contribution in [2.24, 2.45) is 0 Å². The van der Waals surface area contributed by atoms with E-state index in [1.807, 2.05) is 0 Å². The molecule has 0 aliphatic heterocycles. The summed E-state index contributed by atoms with van der Waals surface area (Å²) < 4.78 is 10.1. The molecule has 0 heterocycles. The smallest absolute Gasteiger partial charge is 0.340 e. The summed E-state index contributed by atoms with van der Waals surface area (Å²) in [5.74, 6) is -1.97. The molecule has 9 heteroatoms. The number of esters is 2. The van der Waals surface area contributed by atoms with Crippen LogP contribution in [0.4, 0.5) is 16.2 Å². The maximum Gasteiger partial charge on any atom is 0.340 e. The summed E-state index contributed by atoms with van der Waals surface area (Å²) in [5.41, 5.74) is 0.805. The molecule has 9 nitrogen and oxygen atoms in total. The number of amides is 3. The maximum absolute atomic E-state index is 12.8. The van der Waals surface area contributed by atoms with Crippen LogP contribution >= 0.6 is 0 Å². The van der Waals surface area contributed by atoms with E-state index in [2.05, 4.69) is 10.6 Å². The van der Waals surface area contributed by atoms with Gasteiger partial charge in [-0.1, -0.05) is 30.3 Å². The first-order valence-corrected chi connectivity index (χ1v) is 10.2. The zero-order valence-electron chi connectivity index (χ0n) is 18.3. The van der Waals surface area contributed by atoms with E-state index in [4.69, 9.17) is 9.47 Å². The van der Waals surface area contributed by atoms with Crippen molar-refractivity contribution in [2.75, 3.05) is 30.0 Å². The van der Waals surface area contributed by atoms with Gasteiger partial charge in [0.25, 0.3) is 5.91 Å². The molecule has 0 fully saturated rings. The van der Waals surface area contributed by atoms with Gasteiger partial charge in [0.05, 0.1) is 17.9 Å². The van der Waals surface area contributed by atoms with Gasteiger partial charge in [0, 0.05) is 11.7 Å². The highest BCUT2D eigenvalue weighted by atomic mass is 16.5. The monoisotopic (exact) mass is 441 g/mol. The lowest BCUT2D eigenvalue weighted by atomic mass is 10.2. The van der Waals surface area contributed by atoms with E-state index in [-0.39, 0.29) is 30.4 Å². The van der Waals surface area contributed by atoms with Crippen molar-refractivity contribution in [1.82, 2.24) is 5.32 Å². The number of anilines is 2. The number of carbonyl (C=O) groups is 4. The van der Waals surface area contributed by atoms with Crippen LogP contribution in [-0.4, -0.2) is 49.7 Å². The molecule has 2 aromatic rings. The van der Waals surface area contributed by atoms with Gasteiger partial charge >= 0.3 is 18.0 Å². The number of nitrogens with zero attached hydrogens (tertiary/aromatic N) is 1. The van der Waals surface area contributed by atoms with Crippen LogP contribution in [0, 0.1) is 0 Å².